The summed E-state index contributed by atoms with van der Waals surface area (Å²) in [4.78, 5) is 0. The molecule has 1 N–H and O–H groups in total. The maximum absolute atomic E-state index is 10.4. The van der Waals surface area contributed by atoms with E-state index >= 15 is 0 Å². The largest absolute Gasteiger partial charge is 1.00 e. The minimum Gasteiger partial charge on any atom is -0.726 e. The summed E-state index contributed by atoms with van der Waals surface area (Å²) in [7, 11) is -10.2. The van der Waals surface area contributed by atoms with Crippen molar-refractivity contribution in [1.82, 2.24) is 0 Å². The fourth-order valence-electron chi connectivity index (χ4n) is 1.44. The molecular formula is C6H10Na2O10S2. The molecule has 0 aromatic heterocycles. The van der Waals surface area contributed by atoms with E-state index in [1.165, 1.54) is 0 Å². The Morgan fingerprint density at radius 1 is 1.05 bits per heavy atom. The minimum absolute atomic E-state index is 0. The molecule has 0 amide bonds. The van der Waals surface area contributed by atoms with Crippen LogP contribution in [0.4, 0.5) is 0 Å². The number of aliphatic hydroxyl groups excluding tert-OH is 1. The van der Waals surface area contributed by atoms with Crippen molar-refractivity contribution in [1.29, 1.82) is 0 Å². The van der Waals surface area contributed by atoms with E-state index < -0.39 is 52.3 Å². The first-order valence-corrected chi connectivity index (χ1v) is 7.28. The summed E-state index contributed by atoms with van der Waals surface area (Å²) in [5, 5.41) is 8.80. The molecule has 0 spiro atoms. The van der Waals surface area contributed by atoms with Gasteiger partial charge in [-0.25, -0.2) is 16.8 Å². The van der Waals surface area contributed by atoms with Gasteiger partial charge >= 0.3 is 59.1 Å². The molecule has 0 aromatic carbocycles. The SMILES string of the molecule is O=S(=O)([O-])OC1CO[C@@H](CO)CC1OS(=O)(=O)[O-].[Na+].[Na+]. The molecule has 0 aliphatic carbocycles. The van der Waals surface area contributed by atoms with Gasteiger partial charge in [-0.3, -0.25) is 8.37 Å². The maximum atomic E-state index is 10.4. The molecule has 0 aromatic rings. The van der Waals surface area contributed by atoms with Gasteiger partial charge in [-0.1, -0.05) is 0 Å². The Kier molecular flexibility index (Phi) is 11.6. The molecule has 0 saturated carbocycles. The van der Waals surface area contributed by atoms with Crippen molar-refractivity contribution in [3.8, 4) is 0 Å². The van der Waals surface area contributed by atoms with Gasteiger partial charge in [0, 0.05) is 6.42 Å². The Balaban J connectivity index is 0. The maximum Gasteiger partial charge on any atom is 1.00 e. The van der Waals surface area contributed by atoms with Crippen molar-refractivity contribution in [2.75, 3.05) is 13.2 Å². The van der Waals surface area contributed by atoms with E-state index in [2.05, 4.69) is 8.37 Å². The quantitative estimate of drug-likeness (QED) is 0.285. The molecule has 3 atom stereocenters. The van der Waals surface area contributed by atoms with Gasteiger partial charge in [0.15, 0.2) is 0 Å². The van der Waals surface area contributed by atoms with Gasteiger partial charge in [-0.2, -0.15) is 0 Å². The summed E-state index contributed by atoms with van der Waals surface area (Å²) in [6.45, 7) is -0.998. The third-order valence-electron chi connectivity index (χ3n) is 2.09. The van der Waals surface area contributed by atoms with Crippen molar-refractivity contribution >= 4 is 20.8 Å². The summed E-state index contributed by atoms with van der Waals surface area (Å²) >= 11 is 0. The van der Waals surface area contributed by atoms with Crippen molar-refractivity contribution < 1.29 is 103 Å². The summed E-state index contributed by atoms with van der Waals surface area (Å²) in [5.74, 6) is 0. The van der Waals surface area contributed by atoms with E-state index in [1.54, 1.807) is 0 Å². The monoisotopic (exact) mass is 352 g/mol. The fraction of sp³-hybridized carbons (Fsp3) is 1.00. The van der Waals surface area contributed by atoms with Crippen LogP contribution in [0.1, 0.15) is 6.42 Å². The van der Waals surface area contributed by atoms with Crippen LogP contribution in [0.2, 0.25) is 0 Å². The molecule has 1 saturated heterocycles. The Morgan fingerprint density at radius 2 is 1.50 bits per heavy atom. The molecule has 14 heteroatoms. The average molecular weight is 352 g/mol. The predicted octanol–water partition coefficient (Wildman–Crippen LogP) is -8.53. The average Bonchev–Trinajstić information content (AvgIpc) is 2.16. The number of rotatable bonds is 5. The van der Waals surface area contributed by atoms with Gasteiger partial charge in [0.2, 0.25) is 20.8 Å². The van der Waals surface area contributed by atoms with E-state index in [0.29, 0.717) is 0 Å². The molecule has 1 aliphatic heterocycles. The van der Waals surface area contributed by atoms with E-state index in [1.807, 2.05) is 0 Å². The first-order chi connectivity index (χ1) is 8.11. The Bertz CT molecular complexity index is 476. The van der Waals surface area contributed by atoms with E-state index in [9.17, 15) is 25.9 Å². The summed E-state index contributed by atoms with van der Waals surface area (Å²) < 4.78 is 75.5. The molecule has 108 valence electrons. The topological polar surface area (TPSA) is 162 Å². The summed E-state index contributed by atoms with van der Waals surface area (Å²) in [6.07, 6.45) is -4.22. The molecule has 20 heavy (non-hydrogen) atoms. The molecule has 0 bridgehead atoms. The van der Waals surface area contributed by atoms with Crippen LogP contribution in [-0.2, 0) is 33.9 Å². The Morgan fingerprint density at radius 3 is 1.90 bits per heavy atom. The standard InChI is InChI=1S/C6H12O10S2.2Na/c7-2-4-1-5(15-17(8,9)10)6(3-14-4)16-18(11,12)13;;/h4-7H,1-3H2,(H,8,9,10)(H,11,12,13);;/q;2*+1/p-2/t4-,5?,6?;;/m1../s1. The van der Waals surface area contributed by atoms with Gasteiger partial charge in [-0.15, -0.1) is 0 Å². The Labute approximate surface area is 160 Å². The number of ether oxygens (including phenoxy) is 1. The smallest absolute Gasteiger partial charge is 0.726 e. The van der Waals surface area contributed by atoms with Crippen molar-refractivity contribution in [3.05, 3.63) is 0 Å². The van der Waals surface area contributed by atoms with Crippen molar-refractivity contribution in [2.45, 2.75) is 24.7 Å². The molecule has 1 aliphatic rings. The first kappa shape index (κ1) is 23.9. The van der Waals surface area contributed by atoms with Crippen LogP contribution < -0.4 is 59.1 Å². The van der Waals surface area contributed by atoms with Crippen LogP contribution in [0.25, 0.3) is 0 Å². The summed E-state index contributed by atoms with van der Waals surface area (Å²) in [6, 6.07) is 0. The molecule has 0 radical (unpaired) electrons. The second-order valence-electron chi connectivity index (χ2n) is 3.46. The zero-order valence-corrected chi connectivity index (χ0v) is 16.4. The van der Waals surface area contributed by atoms with E-state index in [4.69, 9.17) is 9.84 Å². The third-order valence-corrected chi connectivity index (χ3v) is 3.06. The van der Waals surface area contributed by atoms with Gasteiger partial charge < -0.3 is 18.9 Å². The van der Waals surface area contributed by atoms with Crippen LogP contribution >= 0.6 is 0 Å². The van der Waals surface area contributed by atoms with Crippen LogP contribution in [0.15, 0.2) is 0 Å². The van der Waals surface area contributed by atoms with Gasteiger partial charge in [0.05, 0.1) is 19.3 Å². The Hall–Kier alpha value is 1.66. The normalized spacial score (nSPS) is 27.2. The van der Waals surface area contributed by atoms with Crippen molar-refractivity contribution in [3.63, 3.8) is 0 Å². The van der Waals surface area contributed by atoms with E-state index in [-0.39, 0.29) is 65.5 Å². The number of aliphatic hydroxyl groups is 1. The van der Waals surface area contributed by atoms with Crippen LogP contribution in [-0.4, -0.2) is 62.6 Å². The number of hydrogen-bond acceptors (Lipinski definition) is 10. The minimum atomic E-state index is -5.11. The molecule has 1 fully saturated rings. The third kappa shape index (κ3) is 9.63. The molecule has 2 unspecified atom stereocenters. The second kappa shape index (κ2) is 9.72. The number of hydrogen-bond donors (Lipinski definition) is 1. The molecule has 10 nitrogen and oxygen atoms in total. The van der Waals surface area contributed by atoms with Gasteiger partial charge in [0.25, 0.3) is 0 Å². The summed E-state index contributed by atoms with van der Waals surface area (Å²) in [5.41, 5.74) is 0. The van der Waals surface area contributed by atoms with E-state index in [0.717, 1.165) is 0 Å². The van der Waals surface area contributed by atoms with Crippen LogP contribution in [0, 0.1) is 0 Å². The first-order valence-electron chi connectivity index (χ1n) is 4.61. The molecule has 1 heterocycles. The zero-order chi connectivity index (χ0) is 14.0. The van der Waals surface area contributed by atoms with Crippen LogP contribution in [0.3, 0.4) is 0 Å². The van der Waals surface area contributed by atoms with Crippen molar-refractivity contribution in [2.24, 2.45) is 0 Å². The molecular weight excluding hydrogens is 342 g/mol. The van der Waals surface area contributed by atoms with Gasteiger partial charge in [0.1, 0.15) is 12.2 Å². The predicted molar refractivity (Wildman–Crippen MR) is 50.6 cm³/mol. The second-order valence-corrected chi connectivity index (χ2v) is 5.48. The molecule has 1 rings (SSSR count). The fourth-order valence-corrected chi connectivity index (χ4v) is 2.43. The van der Waals surface area contributed by atoms with Crippen LogP contribution in [0.5, 0.6) is 0 Å². The zero-order valence-electron chi connectivity index (χ0n) is 10.8. The van der Waals surface area contributed by atoms with Gasteiger partial charge in [-0.05, 0) is 0 Å².